The van der Waals surface area contributed by atoms with Crippen LogP contribution in [0.3, 0.4) is 0 Å². The van der Waals surface area contributed by atoms with Crippen molar-refractivity contribution in [2.75, 3.05) is 6.54 Å². The lowest BCUT2D eigenvalue weighted by Gasteiger charge is -2.07. The number of nitrogens with one attached hydrogen (secondary N) is 1. The molecule has 1 fully saturated rings. The molecule has 1 N–H and O–H groups in total. The largest absolute Gasteiger partial charge is 0.309 e. The van der Waals surface area contributed by atoms with Gasteiger partial charge in [-0.2, -0.15) is 5.10 Å². The van der Waals surface area contributed by atoms with Crippen LogP contribution in [0.5, 0.6) is 0 Å². The number of aromatic nitrogens is 2. The van der Waals surface area contributed by atoms with Gasteiger partial charge in [-0.1, -0.05) is 30.3 Å². The Balaban J connectivity index is 2.06. The standard InChI is InChI=1S/C15H19N3/c1-11-14(13-9-6-10-16-13)17-18(2)15(11)12-7-4-3-5-8-12/h3-5,7-8,13,16H,6,9-10H2,1-2H3. The minimum atomic E-state index is 0.439. The molecule has 3 heteroatoms. The average Bonchev–Trinajstić information content (AvgIpc) is 2.99. The van der Waals surface area contributed by atoms with Crippen molar-refractivity contribution in [2.24, 2.45) is 7.05 Å². The second-order valence-electron chi connectivity index (χ2n) is 5.00. The normalized spacial score (nSPS) is 19.3. The molecule has 0 saturated carbocycles. The number of rotatable bonds is 2. The Labute approximate surface area is 108 Å². The van der Waals surface area contributed by atoms with Gasteiger partial charge >= 0.3 is 0 Å². The van der Waals surface area contributed by atoms with E-state index in [0.717, 1.165) is 6.54 Å². The number of nitrogens with zero attached hydrogens (tertiary/aromatic N) is 2. The summed E-state index contributed by atoms with van der Waals surface area (Å²) in [6, 6.07) is 10.9. The summed E-state index contributed by atoms with van der Waals surface area (Å²) in [6.07, 6.45) is 2.45. The highest BCUT2D eigenvalue weighted by molar-refractivity contribution is 5.64. The van der Waals surface area contributed by atoms with Crippen LogP contribution in [-0.2, 0) is 7.05 Å². The van der Waals surface area contributed by atoms with Crippen LogP contribution < -0.4 is 5.32 Å². The van der Waals surface area contributed by atoms with Crippen molar-refractivity contribution in [3.05, 3.63) is 41.6 Å². The summed E-state index contributed by atoms with van der Waals surface area (Å²) < 4.78 is 2.01. The van der Waals surface area contributed by atoms with Crippen molar-refractivity contribution in [1.29, 1.82) is 0 Å². The van der Waals surface area contributed by atoms with Gasteiger partial charge in [-0.25, -0.2) is 0 Å². The SMILES string of the molecule is Cc1c(C2CCCN2)nn(C)c1-c1ccccc1. The molecule has 1 aliphatic rings. The van der Waals surface area contributed by atoms with Crippen molar-refractivity contribution in [2.45, 2.75) is 25.8 Å². The Morgan fingerprint density at radius 3 is 2.72 bits per heavy atom. The monoisotopic (exact) mass is 241 g/mol. The van der Waals surface area contributed by atoms with Crippen LogP contribution >= 0.6 is 0 Å². The summed E-state index contributed by atoms with van der Waals surface area (Å²) in [7, 11) is 2.04. The van der Waals surface area contributed by atoms with E-state index < -0.39 is 0 Å². The molecule has 2 aromatic rings. The Hall–Kier alpha value is -1.61. The maximum atomic E-state index is 4.72. The molecule has 0 spiro atoms. The van der Waals surface area contributed by atoms with Gasteiger partial charge in [-0.05, 0) is 31.9 Å². The molecule has 0 radical (unpaired) electrons. The third-order valence-electron chi connectivity index (χ3n) is 3.76. The van der Waals surface area contributed by atoms with Gasteiger partial charge in [0.1, 0.15) is 0 Å². The highest BCUT2D eigenvalue weighted by Gasteiger charge is 2.23. The Morgan fingerprint density at radius 1 is 1.28 bits per heavy atom. The van der Waals surface area contributed by atoms with E-state index in [2.05, 4.69) is 42.6 Å². The third kappa shape index (κ3) is 1.85. The minimum Gasteiger partial charge on any atom is -0.309 e. The molecule has 0 aliphatic carbocycles. The van der Waals surface area contributed by atoms with E-state index in [1.807, 2.05) is 11.7 Å². The molecular weight excluding hydrogens is 222 g/mol. The molecule has 1 atom stereocenters. The fourth-order valence-electron chi connectivity index (χ4n) is 2.90. The first-order valence-electron chi connectivity index (χ1n) is 6.59. The zero-order valence-electron chi connectivity index (χ0n) is 11.0. The predicted octanol–water partition coefficient (Wildman–Crippen LogP) is 2.82. The van der Waals surface area contributed by atoms with E-state index in [0.29, 0.717) is 6.04 Å². The van der Waals surface area contributed by atoms with Gasteiger partial charge in [-0.3, -0.25) is 4.68 Å². The van der Waals surface area contributed by atoms with Crippen LogP contribution in [0, 0.1) is 6.92 Å². The zero-order chi connectivity index (χ0) is 12.5. The van der Waals surface area contributed by atoms with Crippen molar-refractivity contribution in [3.63, 3.8) is 0 Å². The molecule has 94 valence electrons. The number of aryl methyl sites for hydroxylation is 1. The summed E-state index contributed by atoms with van der Waals surface area (Å²) in [5, 5.41) is 8.25. The van der Waals surface area contributed by atoms with Gasteiger partial charge in [0, 0.05) is 12.6 Å². The molecule has 0 bridgehead atoms. The predicted molar refractivity (Wildman–Crippen MR) is 73.4 cm³/mol. The van der Waals surface area contributed by atoms with E-state index in [1.165, 1.54) is 35.4 Å². The highest BCUT2D eigenvalue weighted by Crippen LogP contribution is 2.31. The van der Waals surface area contributed by atoms with Crippen LogP contribution in [-0.4, -0.2) is 16.3 Å². The van der Waals surface area contributed by atoms with Crippen LogP contribution in [0.2, 0.25) is 0 Å². The van der Waals surface area contributed by atoms with Crippen LogP contribution in [0.1, 0.15) is 30.1 Å². The maximum absolute atomic E-state index is 4.72. The van der Waals surface area contributed by atoms with E-state index in [4.69, 9.17) is 5.10 Å². The lowest BCUT2D eigenvalue weighted by Crippen LogP contribution is -2.14. The quantitative estimate of drug-likeness (QED) is 0.876. The van der Waals surface area contributed by atoms with Crippen molar-refractivity contribution < 1.29 is 0 Å². The molecule has 18 heavy (non-hydrogen) atoms. The molecule has 2 heterocycles. The minimum absolute atomic E-state index is 0.439. The third-order valence-corrected chi connectivity index (χ3v) is 3.76. The van der Waals surface area contributed by atoms with Crippen LogP contribution in [0.4, 0.5) is 0 Å². The summed E-state index contributed by atoms with van der Waals surface area (Å²) in [4.78, 5) is 0. The Morgan fingerprint density at radius 2 is 2.06 bits per heavy atom. The molecule has 1 aliphatic heterocycles. The number of hydrogen-bond acceptors (Lipinski definition) is 2. The molecule has 0 amide bonds. The lowest BCUT2D eigenvalue weighted by atomic mass is 10.0. The van der Waals surface area contributed by atoms with E-state index in [1.54, 1.807) is 0 Å². The van der Waals surface area contributed by atoms with E-state index >= 15 is 0 Å². The van der Waals surface area contributed by atoms with Gasteiger partial charge in [0.2, 0.25) is 0 Å². The fourth-order valence-corrected chi connectivity index (χ4v) is 2.90. The first-order valence-corrected chi connectivity index (χ1v) is 6.59. The van der Waals surface area contributed by atoms with Gasteiger partial charge in [-0.15, -0.1) is 0 Å². The van der Waals surface area contributed by atoms with Crippen molar-refractivity contribution in [3.8, 4) is 11.3 Å². The van der Waals surface area contributed by atoms with E-state index in [-0.39, 0.29) is 0 Å². The van der Waals surface area contributed by atoms with Crippen LogP contribution in [0.15, 0.2) is 30.3 Å². The maximum Gasteiger partial charge on any atom is 0.0829 e. The molecule has 3 nitrogen and oxygen atoms in total. The first-order chi connectivity index (χ1) is 8.77. The smallest absolute Gasteiger partial charge is 0.0829 e. The van der Waals surface area contributed by atoms with Gasteiger partial charge < -0.3 is 5.32 Å². The second kappa shape index (κ2) is 4.58. The van der Waals surface area contributed by atoms with E-state index in [9.17, 15) is 0 Å². The van der Waals surface area contributed by atoms with Gasteiger partial charge in [0.05, 0.1) is 17.4 Å². The Bertz CT molecular complexity index is 536. The van der Waals surface area contributed by atoms with Crippen LogP contribution in [0.25, 0.3) is 11.3 Å². The highest BCUT2D eigenvalue weighted by atomic mass is 15.3. The number of benzene rings is 1. The average molecular weight is 241 g/mol. The summed E-state index contributed by atoms with van der Waals surface area (Å²) in [5.41, 5.74) is 5.01. The fraction of sp³-hybridized carbons (Fsp3) is 0.400. The molecule has 3 rings (SSSR count). The lowest BCUT2D eigenvalue weighted by molar-refractivity contribution is 0.605. The van der Waals surface area contributed by atoms with Crippen molar-refractivity contribution >= 4 is 0 Å². The first kappa shape index (κ1) is 11.5. The van der Waals surface area contributed by atoms with Crippen molar-refractivity contribution in [1.82, 2.24) is 15.1 Å². The zero-order valence-corrected chi connectivity index (χ0v) is 11.0. The summed E-state index contributed by atoms with van der Waals surface area (Å²) in [5.74, 6) is 0. The summed E-state index contributed by atoms with van der Waals surface area (Å²) >= 11 is 0. The molecule has 1 saturated heterocycles. The molecule has 1 aromatic carbocycles. The molecule has 1 aromatic heterocycles. The summed E-state index contributed by atoms with van der Waals surface area (Å²) in [6.45, 7) is 3.30. The molecule has 1 unspecified atom stereocenters. The molecular formula is C15H19N3. The Kier molecular flexibility index (Phi) is 2.92. The number of hydrogen-bond donors (Lipinski definition) is 1. The topological polar surface area (TPSA) is 29.9 Å². The second-order valence-corrected chi connectivity index (χ2v) is 5.00. The van der Waals surface area contributed by atoms with Gasteiger partial charge in [0.15, 0.2) is 0 Å². The van der Waals surface area contributed by atoms with Gasteiger partial charge in [0.25, 0.3) is 0 Å².